The highest BCUT2D eigenvalue weighted by atomic mass is 35.5. The predicted octanol–water partition coefficient (Wildman–Crippen LogP) is 4.24. The molecule has 0 bridgehead atoms. The molecule has 0 amide bonds. The Morgan fingerprint density at radius 3 is 2.44 bits per heavy atom. The van der Waals surface area contributed by atoms with E-state index in [0.717, 1.165) is 10.4 Å². The molecule has 1 aromatic carbocycles. The lowest BCUT2D eigenvalue weighted by atomic mass is 9.94. The van der Waals surface area contributed by atoms with Crippen LogP contribution in [0.1, 0.15) is 29.4 Å². The molecular weight excluding hydrogens is 240 g/mol. The maximum absolute atomic E-state index is 10.2. The van der Waals surface area contributed by atoms with E-state index in [0.29, 0.717) is 5.02 Å². The summed E-state index contributed by atoms with van der Waals surface area (Å²) in [6, 6.07) is 11.8. The Bertz CT molecular complexity index is 452. The predicted molar refractivity (Wildman–Crippen MR) is 69.1 cm³/mol. The third-order valence-electron chi connectivity index (χ3n) is 2.71. The zero-order chi connectivity index (χ0) is 11.5. The standard InChI is InChI=1S/C13H13ClOS/c1-9(10-5-3-2-4-6-10)12(15)13-11(14)7-8-16-13/h2-9,12,15H,1H3. The second kappa shape index (κ2) is 5.00. The number of rotatable bonds is 3. The number of halogens is 1. The van der Waals surface area contributed by atoms with Gasteiger partial charge in [0, 0.05) is 5.92 Å². The van der Waals surface area contributed by atoms with Crippen molar-refractivity contribution in [3.63, 3.8) is 0 Å². The van der Waals surface area contributed by atoms with Gasteiger partial charge in [0.15, 0.2) is 0 Å². The molecule has 1 nitrogen and oxygen atoms in total. The molecule has 0 saturated heterocycles. The molecule has 0 saturated carbocycles. The van der Waals surface area contributed by atoms with Crippen LogP contribution in [0.3, 0.4) is 0 Å². The monoisotopic (exact) mass is 252 g/mol. The van der Waals surface area contributed by atoms with E-state index in [-0.39, 0.29) is 5.92 Å². The highest BCUT2D eigenvalue weighted by Gasteiger charge is 2.21. The molecule has 2 aromatic rings. The fraction of sp³-hybridized carbons (Fsp3) is 0.231. The van der Waals surface area contributed by atoms with Gasteiger partial charge >= 0.3 is 0 Å². The average Bonchev–Trinajstić information content (AvgIpc) is 2.75. The van der Waals surface area contributed by atoms with Crippen molar-refractivity contribution in [2.24, 2.45) is 0 Å². The zero-order valence-electron chi connectivity index (χ0n) is 8.93. The third-order valence-corrected chi connectivity index (χ3v) is 4.14. The van der Waals surface area contributed by atoms with E-state index < -0.39 is 6.10 Å². The summed E-state index contributed by atoms with van der Waals surface area (Å²) in [6.45, 7) is 2.01. The molecule has 2 rings (SSSR count). The normalized spacial score (nSPS) is 14.7. The van der Waals surface area contributed by atoms with Crippen molar-refractivity contribution in [1.82, 2.24) is 0 Å². The molecule has 1 N–H and O–H groups in total. The van der Waals surface area contributed by atoms with Crippen LogP contribution in [-0.2, 0) is 0 Å². The van der Waals surface area contributed by atoms with Gasteiger partial charge in [-0.25, -0.2) is 0 Å². The lowest BCUT2D eigenvalue weighted by Gasteiger charge is -2.18. The number of aliphatic hydroxyl groups is 1. The SMILES string of the molecule is CC(c1ccccc1)C(O)c1sccc1Cl. The van der Waals surface area contributed by atoms with Gasteiger partial charge < -0.3 is 5.11 Å². The maximum Gasteiger partial charge on any atom is 0.0962 e. The second-order valence-electron chi connectivity index (χ2n) is 3.78. The Morgan fingerprint density at radius 1 is 1.19 bits per heavy atom. The summed E-state index contributed by atoms with van der Waals surface area (Å²) >= 11 is 7.52. The van der Waals surface area contributed by atoms with Gasteiger partial charge in [-0.3, -0.25) is 0 Å². The van der Waals surface area contributed by atoms with Gasteiger partial charge in [0.2, 0.25) is 0 Å². The smallest absolute Gasteiger partial charge is 0.0962 e. The van der Waals surface area contributed by atoms with Crippen LogP contribution in [0.2, 0.25) is 5.02 Å². The van der Waals surface area contributed by atoms with E-state index in [1.54, 1.807) is 0 Å². The van der Waals surface area contributed by atoms with E-state index in [1.807, 2.05) is 48.7 Å². The van der Waals surface area contributed by atoms with E-state index in [2.05, 4.69) is 0 Å². The molecule has 0 aliphatic carbocycles. The number of hydrogen-bond donors (Lipinski definition) is 1. The fourth-order valence-electron chi connectivity index (χ4n) is 1.68. The minimum absolute atomic E-state index is 0.0531. The summed E-state index contributed by atoms with van der Waals surface area (Å²) in [7, 11) is 0. The molecule has 0 fully saturated rings. The molecule has 84 valence electrons. The Labute approximate surface area is 104 Å². The molecule has 0 aliphatic rings. The number of aliphatic hydroxyl groups excluding tert-OH is 1. The van der Waals surface area contributed by atoms with Crippen molar-refractivity contribution < 1.29 is 5.11 Å². The third kappa shape index (κ3) is 2.29. The number of thiophene rings is 1. The van der Waals surface area contributed by atoms with Gasteiger partial charge in [-0.1, -0.05) is 48.9 Å². The second-order valence-corrected chi connectivity index (χ2v) is 5.13. The molecular formula is C13H13ClOS. The van der Waals surface area contributed by atoms with E-state index >= 15 is 0 Å². The summed E-state index contributed by atoms with van der Waals surface area (Å²) in [6.07, 6.45) is -0.533. The van der Waals surface area contributed by atoms with Crippen molar-refractivity contribution in [2.45, 2.75) is 18.9 Å². The highest BCUT2D eigenvalue weighted by molar-refractivity contribution is 7.10. The van der Waals surface area contributed by atoms with Crippen LogP contribution in [-0.4, -0.2) is 5.11 Å². The molecule has 0 spiro atoms. The van der Waals surface area contributed by atoms with E-state index in [9.17, 15) is 5.11 Å². The fourth-order valence-corrected chi connectivity index (χ4v) is 2.94. The van der Waals surface area contributed by atoms with Crippen molar-refractivity contribution in [2.75, 3.05) is 0 Å². The Balaban J connectivity index is 2.23. The molecule has 16 heavy (non-hydrogen) atoms. The minimum atomic E-state index is -0.533. The lowest BCUT2D eigenvalue weighted by molar-refractivity contribution is 0.155. The zero-order valence-corrected chi connectivity index (χ0v) is 10.5. The van der Waals surface area contributed by atoms with Gasteiger partial charge in [0.25, 0.3) is 0 Å². The molecule has 0 radical (unpaired) electrons. The van der Waals surface area contributed by atoms with Crippen LogP contribution in [0.15, 0.2) is 41.8 Å². The summed E-state index contributed by atoms with van der Waals surface area (Å²) in [4.78, 5) is 0.845. The summed E-state index contributed by atoms with van der Waals surface area (Å²) < 4.78 is 0. The molecule has 1 aromatic heterocycles. The van der Waals surface area contributed by atoms with Crippen LogP contribution in [0.5, 0.6) is 0 Å². The van der Waals surface area contributed by atoms with Crippen LogP contribution < -0.4 is 0 Å². The van der Waals surface area contributed by atoms with Crippen LogP contribution in [0.4, 0.5) is 0 Å². The molecule has 2 atom stereocenters. The topological polar surface area (TPSA) is 20.2 Å². The van der Waals surface area contributed by atoms with Gasteiger partial charge in [0.05, 0.1) is 16.0 Å². The number of benzene rings is 1. The van der Waals surface area contributed by atoms with E-state index in [4.69, 9.17) is 11.6 Å². The quantitative estimate of drug-likeness (QED) is 0.866. The molecule has 2 unspecified atom stereocenters. The molecule has 1 heterocycles. The minimum Gasteiger partial charge on any atom is -0.387 e. The summed E-state index contributed by atoms with van der Waals surface area (Å²) in [5, 5.41) is 12.8. The van der Waals surface area contributed by atoms with Crippen LogP contribution in [0, 0.1) is 0 Å². The largest absolute Gasteiger partial charge is 0.387 e. The Kier molecular flexibility index (Phi) is 3.64. The van der Waals surface area contributed by atoms with Gasteiger partial charge in [0.1, 0.15) is 0 Å². The van der Waals surface area contributed by atoms with Gasteiger partial charge in [-0.15, -0.1) is 11.3 Å². The first-order chi connectivity index (χ1) is 7.70. The van der Waals surface area contributed by atoms with Crippen molar-refractivity contribution >= 4 is 22.9 Å². The average molecular weight is 253 g/mol. The summed E-state index contributed by atoms with van der Waals surface area (Å²) in [5.74, 6) is 0.0531. The lowest BCUT2D eigenvalue weighted by Crippen LogP contribution is -2.06. The molecule has 0 aliphatic heterocycles. The first-order valence-electron chi connectivity index (χ1n) is 5.16. The Morgan fingerprint density at radius 2 is 1.88 bits per heavy atom. The summed E-state index contributed by atoms with van der Waals surface area (Å²) in [5.41, 5.74) is 1.12. The van der Waals surface area contributed by atoms with Gasteiger partial charge in [-0.2, -0.15) is 0 Å². The van der Waals surface area contributed by atoms with Crippen LogP contribution >= 0.6 is 22.9 Å². The number of hydrogen-bond acceptors (Lipinski definition) is 2. The highest BCUT2D eigenvalue weighted by Crippen LogP contribution is 2.37. The first kappa shape index (κ1) is 11.6. The maximum atomic E-state index is 10.2. The Hall–Kier alpha value is -0.830. The first-order valence-corrected chi connectivity index (χ1v) is 6.42. The van der Waals surface area contributed by atoms with E-state index in [1.165, 1.54) is 11.3 Å². The van der Waals surface area contributed by atoms with Crippen molar-refractivity contribution in [3.8, 4) is 0 Å². The van der Waals surface area contributed by atoms with Gasteiger partial charge in [-0.05, 0) is 17.0 Å². The van der Waals surface area contributed by atoms with Crippen LogP contribution in [0.25, 0.3) is 0 Å². The van der Waals surface area contributed by atoms with Crippen molar-refractivity contribution in [1.29, 1.82) is 0 Å². The van der Waals surface area contributed by atoms with Crippen molar-refractivity contribution in [3.05, 3.63) is 57.2 Å². The molecule has 3 heteroatoms.